The fourth-order valence-electron chi connectivity index (χ4n) is 1.54. The standard InChI is InChI=1S/C13H14N4O/c1-13(14,10-5-3-2-4-6-10)12(18)17-11-7-15-9-16-8-11/h2-9H,14H2,1H3,(H,17,18). The average molecular weight is 242 g/mol. The van der Waals surface area contributed by atoms with Crippen molar-refractivity contribution in [2.75, 3.05) is 5.32 Å². The lowest BCUT2D eigenvalue weighted by molar-refractivity contribution is -0.120. The number of hydrogen-bond donors (Lipinski definition) is 2. The zero-order valence-corrected chi connectivity index (χ0v) is 10.00. The van der Waals surface area contributed by atoms with Crippen molar-refractivity contribution in [3.8, 4) is 0 Å². The summed E-state index contributed by atoms with van der Waals surface area (Å²) in [6.45, 7) is 1.67. The smallest absolute Gasteiger partial charge is 0.248 e. The minimum atomic E-state index is -1.10. The van der Waals surface area contributed by atoms with Crippen molar-refractivity contribution in [2.45, 2.75) is 12.5 Å². The summed E-state index contributed by atoms with van der Waals surface area (Å²) in [6, 6.07) is 9.21. The zero-order valence-electron chi connectivity index (χ0n) is 10.00. The van der Waals surface area contributed by atoms with Crippen molar-refractivity contribution < 1.29 is 4.79 Å². The Labute approximate surface area is 105 Å². The maximum atomic E-state index is 12.1. The molecule has 3 N–H and O–H groups in total. The van der Waals surface area contributed by atoms with Gasteiger partial charge in [0.2, 0.25) is 5.91 Å². The van der Waals surface area contributed by atoms with Crippen molar-refractivity contribution in [1.82, 2.24) is 9.97 Å². The van der Waals surface area contributed by atoms with Gasteiger partial charge in [-0.05, 0) is 12.5 Å². The highest BCUT2D eigenvalue weighted by Gasteiger charge is 2.30. The number of amides is 1. The van der Waals surface area contributed by atoms with E-state index in [1.165, 1.54) is 18.7 Å². The van der Waals surface area contributed by atoms with Crippen LogP contribution in [0.3, 0.4) is 0 Å². The number of anilines is 1. The Morgan fingerprint density at radius 3 is 2.44 bits per heavy atom. The third-order valence-corrected chi connectivity index (χ3v) is 2.66. The molecule has 5 heteroatoms. The number of carbonyl (C=O) groups is 1. The van der Waals surface area contributed by atoms with Crippen molar-refractivity contribution in [1.29, 1.82) is 0 Å². The molecule has 0 saturated heterocycles. The number of nitrogens with zero attached hydrogens (tertiary/aromatic N) is 2. The van der Waals surface area contributed by atoms with Gasteiger partial charge < -0.3 is 11.1 Å². The second-order valence-corrected chi connectivity index (χ2v) is 4.15. The van der Waals surface area contributed by atoms with Crippen LogP contribution in [0.15, 0.2) is 49.1 Å². The minimum absolute atomic E-state index is 0.302. The Hall–Kier alpha value is -2.27. The molecule has 0 aliphatic carbocycles. The molecule has 0 saturated carbocycles. The van der Waals surface area contributed by atoms with E-state index in [9.17, 15) is 4.79 Å². The number of hydrogen-bond acceptors (Lipinski definition) is 4. The molecule has 18 heavy (non-hydrogen) atoms. The van der Waals surface area contributed by atoms with Crippen molar-refractivity contribution in [2.24, 2.45) is 5.73 Å². The van der Waals surface area contributed by atoms with Crippen LogP contribution in [-0.4, -0.2) is 15.9 Å². The molecule has 1 atom stereocenters. The van der Waals surface area contributed by atoms with Crippen LogP contribution >= 0.6 is 0 Å². The predicted octanol–water partition coefficient (Wildman–Crippen LogP) is 1.29. The summed E-state index contributed by atoms with van der Waals surface area (Å²) in [5.74, 6) is -0.302. The second kappa shape index (κ2) is 4.93. The van der Waals surface area contributed by atoms with Gasteiger partial charge in [0.1, 0.15) is 11.9 Å². The molecule has 2 rings (SSSR count). The van der Waals surface area contributed by atoms with Crippen molar-refractivity contribution >= 4 is 11.6 Å². The topological polar surface area (TPSA) is 80.9 Å². The van der Waals surface area contributed by atoms with Crippen LogP contribution in [0.1, 0.15) is 12.5 Å². The lowest BCUT2D eigenvalue weighted by Gasteiger charge is -2.23. The molecular weight excluding hydrogens is 228 g/mol. The Morgan fingerprint density at radius 2 is 1.83 bits per heavy atom. The predicted molar refractivity (Wildman–Crippen MR) is 68.6 cm³/mol. The number of nitrogens with one attached hydrogen (secondary N) is 1. The fourth-order valence-corrected chi connectivity index (χ4v) is 1.54. The Morgan fingerprint density at radius 1 is 1.22 bits per heavy atom. The molecule has 0 radical (unpaired) electrons. The SMILES string of the molecule is CC(N)(C(=O)Nc1cncnc1)c1ccccc1. The number of rotatable bonds is 3. The number of nitrogens with two attached hydrogens (primary N) is 1. The lowest BCUT2D eigenvalue weighted by Crippen LogP contribution is -2.45. The van der Waals surface area contributed by atoms with Gasteiger partial charge in [-0.3, -0.25) is 4.79 Å². The molecule has 92 valence electrons. The largest absolute Gasteiger partial charge is 0.322 e. The van der Waals surface area contributed by atoms with E-state index < -0.39 is 5.54 Å². The van der Waals surface area contributed by atoms with Crippen LogP contribution < -0.4 is 11.1 Å². The van der Waals surface area contributed by atoms with Gasteiger partial charge in [-0.15, -0.1) is 0 Å². The Bertz CT molecular complexity index is 525. The Kier molecular flexibility index (Phi) is 3.34. The van der Waals surface area contributed by atoms with E-state index in [1.54, 1.807) is 6.92 Å². The van der Waals surface area contributed by atoms with E-state index in [-0.39, 0.29) is 5.91 Å². The van der Waals surface area contributed by atoms with Crippen LogP contribution in [0.5, 0.6) is 0 Å². The van der Waals surface area contributed by atoms with Gasteiger partial charge in [-0.1, -0.05) is 30.3 Å². The molecule has 0 aliphatic heterocycles. The van der Waals surface area contributed by atoms with Gasteiger partial charge in [-0.25, -0.2) is 9.97 Å². The van der Waals surface area contributed by atoms with Gasteiger partial charge in [0, 0.05) is 0 Å². The van der Waals surface area contributed by atoms with E-state index in [4.69, 9.17) is 5.73 Å². The third-order valence-electron chi connectivity index (χ3n) is 2.66. The van der Waals surface area contributed by atoms with E-state index in [2.05, 4.69) is 15.3 Å². The summed E-state index contributed by atoms with van der Waals surface area (Å²) in [5, 5.41) is 2.69. The van der Waals surface area contributed by atoms with E-state index >= 15 is 0 Å². The molecular formula is C13H14N4O. The van der Waals surface area contributed by atoms with Crippen LogP contribution in [0.2, 0.25) is 0 Å². The summed E-state index contributed by atoms with van der Waals surface area (Å²) in [6.07, 6.45) is 4.44. The van der Waals surface area contributed by atoms with Crippen molar-refractivity contribution in [3.63, 3.8) is 0 Å². The highest BCUT2D eigenvalue weighted by atomic mass is 16.2. The van der Waals surface area contributed by atoms with E-state index in [0.717, 1.165) is 5.56 Å². The van der Waals surface area contributed by atoms with Gasteiger partial charge in [0.25, 0.3) is 0 Å². The summed E-state index contributed by atoms with van der Waals surface area (Å²) in [5.41, 5.74) is 6.25. The zero-order chi connectivity index (χ0) is 13.0. The van der Waals surface area contributed by atoms with Gasteiger partial charge in [0.05, 0.1) is 18.1 Å². The van der Waals surface area contributed by atoms with Gasteiger partial charge in [0.15, 0.2) is 0 Å². The highest BCUT2D eigenvalue weighted by Crippen LogP contribution is 2.19. The first kappa shape index (κ1) is 12.2. The van der Waals surface area contributed by atoms with Gasteiger partial charge in [-0.2, -0.15) is 0 Å². The summed E-state index contributed by atoms with van der Waals surface area (Å²) >= 11 is 0. The van der Waals surface area contributed by atoms with Gasteiger partial charge >= 0.3 is 0 Å². The molecule has 1 heterocycles. The molecule has 0 fully saturated rings. The number of carbonyl (C=O) groups excluding carboxylic acids is 1. The normalized spacial score (nSPS) is 13.7. The molecule has 2 aromatic rings. The third kappa shape index (κ3) is 2.52. The number of benzene rings is 1. The highest BCUT2D eigenvalue weighted by molar-refractivity contribution is 5.98. The van der Waals surface area contributed by atoms with Crippen LogP contribution in [0.4, 0.5) is 5.69 Å². The molecule has 0 spiro atoms. The minimum Gasteiger partial charge on any atom is -0.322 e. The summed E-state index contributed by atoms with van der Waals surface area (Å²) in [4.78, 5) is 19.8. The lowest BCUT2D eigenvalue weighted by atomic mass is 9.92. The van der Waals surface area contributed by atoms with Crippen LogP contribution in [0, 0.1) is 0 Å². The number of aromatic nitrogens is 2. The second-order valence-electron chi connectivity index (χ2n) is 4.15. The first-order valence-corrected chi connectivity index (χ1v) is 5.51. The van der Waals surface area contributed by atoms with Crippen LogP contribution in [-0.2, 0) is 10.3 Å². The average Bonchev–Trinajstić information content (AvgIpc) is 2.41. The molecule has 1 aromatic carbocycles. The summed E-state index contributed by atoms with van der Waals surface area (Å²) < 4.78 is 0. The van der Waals surface area contributed by atoms with Crippen molar-refractivity contribution in [3.05, 3.63) is 54.6 Å². The monoisotopic (exact) mass is 242 g/mol. The molecule has 1 aromatic heterocycles. The van der Waals surface area contributed by atoms with Crippen LogP contribution in [0.25, 0.3) is 0 Å². The molecule has 0 aliphatic rings. The first-order chi connectivity index (χ1) is 8.60. The molecule has 1 amide bonds. The quantitative estimate of drug-likeness (QED) is 0.849. The maximum Gasteiger partial charge on any atom is 0.248 e. The molecule has 0 bridgehead atoms. The first-order valence-electron chi connectivity index (χ1n) is 5.51. The Balaban J connectivity index is 2.18. The molecule has 1 unspecified atom stereocenters. The maximum absolute atomic E-state index is 12.1. The van der Waals surface area contributed by atoms with E-state index in [0.29, 0.717) is 5.69 Å². The fraction of sp³-hybridized carbons (Fsp3) is 0.154. The summed E-state index contributed by atoms with van der Waals surface area (Å²) in [7, 11) is 0. The molecule has 5 nitrogen and oxygen atoms in total. The van der Waals surface area contributed by atoms with E-state index in [1.807, 2.05) is 30.3 Å².